The number of hydrogen-bond acceptors (Lipinski definition) is 16. The molecule has 2 rings (SSSR count). The summed E-state index contributed by atoms with van der Waals surface area (Å²) in [7, 11) is 0. The quantitative estimate of drug-likeness (QED) is 0.0250. The molecule has 1 heterocycles. The van der Waals surface area contributed by atoms with E-state index in [0.717, 1.165) is 250 Å². The number of carbonyl (C=O) groups excluding carboxylic acids is 6. The molecule has 16 nitrogen and oxygen atoms in total. The van der Waals surface area contributed by atoms with Crippen LogP contribution in [0.15, 0.2) is 122 Å². The van der Waals surface area contributed by atoms with Gasteiger partial charge in [0.2, 0.25) is 0 Å². The van der Waals surface area contributed by atoms with Crippen LogP contribution in [0.5, 0.6) is 0 Å². The molecular weight excluding hydrogens is 1710 g/mol. The lowest BCUT2D eigenvalue weighted by Gasteiger charge is -2.44. The van der Waals surface area contributed by atoms with Gasteiger partial charge in [-0.05, 0) is 193 Å². The second-order valence-electron chi connectivity index (χ2n) is 39.4. The Kier molecular flexibility index (Phi) is 90.5. The van der Waals surface area contributed by atoms with Gasteiger partial charge in [0.1, 0.15) is 31.0 Å². The van der Waals surface area contributed by atoms with Crippen molar-refractivity contribution in [2.45, 2.75) is 579 Å². The minimum atomic E-state index is -1.89. The van der Waals surface area contributed by atoms with E-state index in [9.17, 15) is 39.0 Å². The topological polar surface area (TPSA) is 217 Å². The Labute approximate surface area is 839 Å². The second kappa shape index (κ2) is 97.5. The number of aliphatic hydroxyl groups excluding tert-OH is 2. The van der Waals surface area contributed by atoms with Gasteiger partial charge in [-0.2, -0.15) is 0 Å². The van der Waals surface area contributed by atoms with E-state index >= 15 is 0 Å². The molecule has 0 amide bonds. The van der Waals surface area contributed by atoms with Gasteiger partial charge in [-0.15, -0.1) is 0 Å². The third-order valence-corrected chi connectivity index (χ3v) is 26.7. The van der Waals surface area contributed by atoms with Crippen LogP contribution in [0.4, 0.5) is 0 Å². The van der Waals surface area contributed by atoms with Gasteiger partial charge in [-0.25, -0.2) is 0 Å². The van der Waals surface area contributed by atoms with Gasteiger partial charge in [-0.3, -0.25) is 28.8 Å². The van der Waals surface area contributed by atoms with E-state index in [0.29, 0.717) is 38.5 Å². The molecule has 0 aromatic heterocycles. The highest BCUT2D eigenvalue weighted by Gasteiger charge is 2.58. The van der Waals surface area contributed by atoms with Crippen molar-refractivity contribution in [2.24, 2.45) is 11.8 Å². The van der Waals surface area contributed by atoms with Crippen molar-refractivity contribution in [1.82, 2.24) is 0 Å². The highest BCUT2D eigenvalue weighted by molar-refractivity contribution is 5.72. The van der Waals surface area contributed by atoms with E-state index in [1.807, 2.05) is 0 Å². The molecule has 0 spiro atoms. The van der Waals surface area contributed by atoms with Crippen LogP contribution in [0.1, 0.15) is 530 Å². The van der Waals surface area contributed by atoms with Crippen molar-refractivity contribution in [3.63, 3.8) is 0 Å². The average Bonchev–Trinajstić information content (AvgIpc) is 1.63. The van der Waals surface area contributed by atoms with Crippen molar-refractivity contribution in [3.8, 4) is 0 Å². The molecule has 0 radical (unpaired) electrons. The molecule has 16 heteroatoms. The Hall–Kier alpha value is -5.94. The van der Waals surface area contributed by atoms with Gasteiger partial charge >= 0.3 is 35.8 Å². The number of hydrogen-bond donors (Lipinski definition) is 2. The number of esters is 6. The van der Waals surface area contributed by atoms with Crippen molar-refractivity contribution in [2.75, 3.05) is 19.8 Å². The zero-order chi connectivity index (χ0) is 98.9. The van der Waals surface area contributed by atoms with Crippen LogP contribution in [0.25, 0.3) is 0 Å². The maximum atomic E-state index is 14.6. The Morgan fingerprint density at radius 3 is 0.723 bits per heavy atom. The lowest BCUT2D eigenvalue weighted by Crippen LogP contribution is -2.63. The van der Waals surface area contributed by atoms with Gasteiger partial charge in [0, 0.05) is 50.4 Å². The van der Waals surface area contributed by atoms with Crippen molar-refractivity contribution >= 4 is 35.8 Å². The van der Waals surface area contributed by atoms with E-state index < -0.39 is 103 Å². The summed E-state index contributed by atoms with van der Waals surface area (Å²) in [6.07, 6.45) is 105. The molecule has 137 heavy (non-hydrogen) atoms. The summed E-state index contributed by atoms with van der Waals surface area (Å²) >= 11 is 0. The molecule has 1 saturated carbocycles. The minimum absolute atomic E-state index is 0.00686. The van der Waals surface area contributed by atoms with Gasteiger partial charge in [0.05, 0.1) is 13.2 Å². The predicted molar refractivity (Wildman–Crippen MR) is 571 cm³/mol. The Bertz CT molecular complexity index is 3120. The molecule has 1 aliphatic carbocycles. The third-order valence-electron chi connectivity index (χ3n) is 26.7. The van der Waals surface area contributed by atoms with Gasteiger partial charge < -0.3 is 48.1 Å². The number of aliphatic hydroxyl groups is 2. The SMILES string of the molecule is CC/C=C\C/C=C\C/C=C\CCCCCCCC(=O)OC[C@H]1OC(OC2C(OC(=O)CCCCCCC/C=C\C/C=C\CCCCC)[C@H](O)C(COC(=O)CCCCCCC/C=C\CCCCCCCC)[C@@H]2COC(=O)CCCCCCC/C=C\C/C=C\CCCCC)C(O)[C@@H](OC(=O)CCCCCCC/C=C\C/C=C\CCCCC)C1OC(=O)CCCCCCCCCCCCCCCCC. The first-order valence-corrected chi connectivity index (χ1v) is 57.6. The van der Waals surface area contributed by atoms with E-state index in [1.165, 1.54) is 161 Å². The number of carbonyl (C=O) groups is 6. The number of rotatable bonds is 97. The van der Waals surface area contributed by atoms with Crippen LogP contribution in [0.3, 0.4) is 0 Å². The highest BCUT2D eigenvalue weighted by Crippen LogP contribution is 2.41. The third kappa shape index (κ3) is 76.4. The molecule has 1 saturated heterocycles. The zero-order valence-electron chi connectivity index (χ0n) is 88.8. The first-order chi connectivity index (χ1) is 67.3. The van der Waals surface area contributed by atoms with Gasteiger partial charge in [-0.1, -0.05) is 420 Å². The lowest BCUT2D eigenvalue weighted by atomic mass is 9.94. The molecule has 0 aromatic carbocycles. The molecule has 2 N–H and O–H groups in total. The lowest BCUT2D eigenvalue weighted by molar-refractivity contribution is -0.323. The molecule has 0 bridgehead atoms. The fourth-order valence-corrected chi connectivity index (χ4v) is 18.0. The number of unbranched alkanes of at least 4 members (excludes halogenated alkanes) is 54. The maximum Gasteiger partial charge on any atom is 0.306 e. The maximum absolute atomic E-state index is 14.6. The Morgan fingerprint density at radius 1 is 0.219 bits per heavy atom. The van der Waals surface area contributed by atoms with Crippen LogP contribution in [-0.2, 0) is 66.7 Å². The first-order valence-electron chi connectivity index (χ1n) is 57.6. The average molecular weight is 1920 g/mol. The van der Waals surface area contributed by atoms with Crippen molar-refractivity contribution in [3.05, 3.63) is 122 Å². The Balaban J connectivity index is 2.70. The van der Waals surface area contributed by atoms with Crippen molar-refractivity contribution < 1.29 is 76.9 Å². The smallest absolute Gasteiger partial charge is 0.306 e. The second-order valence-corrected chi connectivity index (χ2v) is 39.4. The summed E-state index contributed by atoms with van der Waals surface area (Å²) in [6, 6.07) is 0. The van der Waals surface area contributed by atoms with E-state index in [-0.39, 0.29) is 51.7 Å². The van der Waals surface area contributed by atoms with Crippen LogP contribution in [0.2, 0.25) is 0 Å². The summed E-state index contributed by atoms with van der Waals surface area (Å²) in [5.41, 5.74) is 0. The minimum Gasteiger partial charge on any atom is -0.465 e. The zero-order valence-corrected chi connectivity index (χ0v) is 88.8. The number of allylic oxidation sites excluding steroid dienone is 20. The van der Waals surface area contributed by atoms with E-state index in [2.05, 4.69) is 163 Å². The van der Waals surface area contributed by atoms with Gasteiger partial charge in [0.25, 0.3) is 0 Å². The van der Waals surface area contributed by atoms with Crippen LogP contribution >= 0.6 is 0 Å². The molecule has 0 aromatic rings. The van der Waals surface area contributed by atoms with Gasteiger partial charge in [0.15, 0.2) is 24.6 Å². The summed E-state index contributed by atoms with van der Waals surface area (Å²) in [4.78, 5) is 85.9. The highest BCUT2D eigenvalue weighted by atomic mass is 16.7. The van der Waals surface area contributed by atoms with E-state index in [1.54, 1.807) is 0 Å². The first kappa shape index (κ1) is 127. The summed E-state index contributed by atoms with van der Waals surface area (Å²) in [5, 5.41) is 26.1. The summed E-state index contributed by atoms with van der Waals surface area (Å²) in [6.45, 7) is 12.1. The van der Waals surface area contributed by atoms with Crippen LogP contribution in [-0.4, -0.2) is 115 Å². The van der Waals surface area contributed by atoms with Crippen molar-refractivity contribution in [1.29, 1.82) is 0 Å². The molecule has 2 fully saturated rings. The fourth-order valence-electron chi connectivity index (χ4n) is 18.0. The Morgan fingerprint density at radius 2 is 0.431 bits per heavy atom. The predicted octanol–water partition coefficient (Wildman–Crippen LogP) is 33.8. The molecule has 6 unspecified atom stereocenters. The summed E-state index contributed by atoms with van der Waals surface area (Å²) < 4.78 is 51.6. The number of ether oxygens (including phenoxy) is 8. The summed E-state index contributed by atoms with van der Waals surface area (Å²) in [5.74, 6) is -5.39. The standard InChI is InChI=1S/C121H208O16/c1-7-13-19-25-31-37-43-49-55-61-67-73-79-85-91-97-109(122)130-103-106-107(104-131-110(123)98-92-86-80-74-68-62-56-50-44-38-32-26-20-14-8-2)117(119(115(106)128)135-113(126)101-95-89-83-77-71-65-59-53-47-41-35-29-23-17-11-5)137-121-116(129)120(136-114(127)102-96-90-84-78-72-66-60-54-48-42-36-30-24-18-12-6)118(134-112(125)100-94-88-82-76-70-64-58-52-46-40-34-28-22-16-10-4)108(133-121)105-132-111(124)99-93-87-81-75-69-63-57-51-45-39-33-27-21-15-9-3/h15,21,32-33,35-36,38-39,41-42,49-51,53-57,59-60,106-108,115-121,128-129H,7-14,16-20,22-31,34,37,40,43-48,52,58,61-105H2,1-6H3/b21-15-,38-32-,39-33-,41-35-,42-36-,55-49-,56-50-,57-51-,59-53-,60-54-/t106?,107-,108+,115+,116?,117?,118?,119?,120+,121?/m0/s1. The largest absolute Gasteiger partial charge is 0.465 e. The monoisotopic (exact) mass is 1920 g/mol. The van der Waals surface area contributed by atoms with Crippen LogP contribution < -0.4 is 0 Å². The molecule has 1 aliphatic heterocycles. The normalized spacial score (nSPS) is 18.8. The fraction of sp³-hybridized carbons (Fsp3) is 0.785. The van der Waals surface area contributed by atoms with E-state index in [4.69, 9.17) is 37.9 Å². The molecule has 788 valence electrons. The molecule has 2 aliphatic rings. The molecule has 10 atom stereocenters. The van der Waals surface area contributed by atoms with Crippen LogP contribution in [0, 0.1) is 11.8 Å². The molecular formula is C121H208O16.